The van der Waals surface area contributed by atoms with Gasteiger partial charge in [-0.25, -0.2) is 22.2 Å². The first-order valence-corrected chi connectivity index (χ1v) is 11.4. The molecule has 3 heterocycles. The van der Waals surface area contributed by atoms with E-state index in [-0.39, 0.29) is 16.8 Å². The summed E-state index contributed by atoms with van der Waals surface area (Å²) in [6, 6.07) is 2.78. The van der Waals surface area contributed by atoms with Gasteiger partial charge in [-0.3, -0.25) is 4.90 Å². The Balaban J connectivity index is 1.49. The summed E-state index contributed by atoms with van der Waals surface area (Å²) in [5.41, 5.74) is 8.04. The van der Waals surface area contributed by atoms with Crippen LogP contribution in [0.3, 0.4) is 0 Å². The van der Waals surface area contributed by atoms with E-state index in [0.29, 0.717) is 32.7 Å². The Morgan fingerprint density at radius 1 is 1.31 bits per heavy atom. The minimum Gasteiger partial charge on any atom is -0.370 e. The molecular weight excluding hydrogens is 402 g/mol. The zero-order valence-electron chi connectivity index (χ0n) is 16.3. The van der Waals surface area contributed by atoms with E-state index in [4.69, 9.17) is 10.5 Å². The molecule has 7 nitrogen and oxygen atoms in total. The number of imidazole rings is 1. The Labute approximate surface area is 168 Å². The minimum absolute atomic E-state index is 0.0148. The van der Waals surface area contributed by atoms with E-state index >= 15 is 0 Å². The summed E-state index contributed by atoms with van der Waals surface area (Å²) in [5, 5.41) is 0.0999. The van der Waals surface area contributed by atoms with E-state index in [1.165, 1.54) is 0 Å². The molecule has 0 spiro atoms. The smallest absolute Gasteiger partial charge is 0.227 e. The summed E-state index contributed by atoms with van der Waals surface area (Å²) in [5.74, 6) is -1.06. The molecule has 1 aromatic carbocycles. The molecule has 1 aromatic heterocycles. The van der Waals surface area contributed by atoms with Gasteiger partial charge in [0.2, 0.25) is 15.0 Å². The molecule has 29 heavy (non-hydrogen) atoms. The molecule has 0 bridgehead atoms. The number of nitrogens with two attached hydrogens (primary N) is 1. The summed E-state index contributed by atoms with van der Waals surface area (Å²) in [6.07, 6.45) is 1.01. The van der Waals surface area contributed by atoms with Gasteiger partial charge in [-0.05, 0) is 31.5 Å². The minimum atomic E-state index is -3.40. The fourth-order valence-electron chi connectivity index (χ4n) is 4.27. The summed E-state index contributed by atoms with van der Waals surface area (Å²) in [6.45, 7) is 3.77. The summed E-state index contributed by atoms with van der Waals surface area (Å²) < 4.78 is 59.2. The van der Waals surface area contributed by atoms with Gasteiger partial charge in [0.05, 0.1) is 18.0 Å². The maximum Gasteiger partial charge on any atom is 0.227 e. The Kier molecular flexibility index (Phi) is 5.22. The zero-order valence-corrected chi connectivity index (χ0v) is 17.1. The van der Waals surface area contributed by atoms with Gasteiger partial charge in [0.1, 0.15) is 17.7 Å². The van der Waals surface area contributed by atoms with Gasteiger partial charge >= 0.3 is 0 Å². The fourth-order valence-corrected chi connectivity index (χ4v) is 5.19. The van der Waals surface area contributed by atoms with Gasteiger partial charge in [-0.1, -0.05) is 0 Å². The van der Waals surface area contributed by atoms with E-state index in [9.17, 15) is 17.2 Å². The molecule has 2 aliphatic heterocycles. The SMILES string of the molecule is CCn1c(S(C)(=O)=O)nc2c1CN([C@H]1CO[C@H](c3cc(F)ccc3F)[C@@H](N)C1)C2. The first-order valence-electron chi connectivity index (χ1n) is 9.53. The monoisotopic (exact) mass is 426 g/mol. The van der Waals surface area contributed by atoms with Crippen LogP contribution < -0.4 is 5.73 Å². The van der Waals surface area contributed by atoms with Gasteiger partial charge < -0.3 is 15.0 Å². The lowest BCUT2D eigenvalue weighted by Gasteiger charge is -2.38. The zero-order chi connectivity index (χ0) is 20.9. The molecular formula is C19H24F2N4O3S. The third kappa shape index (κ3) is 3.70. The van der Waals surface area contributed by atoms with Crippen LogP contribution in [-0.2, 0) is 34.2 Å². The van der Waals surface area contributed by atoms with Crippen molar-refractivity contribution in [1.82, 2.24) is 14.5 Å². The van der Waals surface area contributed by atoms with Gasteiger partial charge in [-0.15, -0.1) is 0 Å². The first-order chi connectivity index (χ1) is 13.7. The molecule has 0 amide bonds. The molecule has 2 N–H and O–H groups in total. The fraction of sp³-hybridized carbons (Fsp3) is 0.526. The Morgan fingerprint density at radius 2 is 2.07 bits per heavy atom. The molecule has 0 aliphatic carbocycles. The maximum absolute atomic E-state index is 14.1. The van der Waals surface area contributed by atoms with Gasteiger partial charge in [-0.2, -0.15) is 0 Å². The number of nitrogens with zero attached hydrogens (tertiary/aromatic N) is 3. The van der Waals surface area contributed by atoms with E-state index in [1.807, 2.05) is 6.92 Å². The number of ether oxygens (including phenoxy) is 1. The average molecular weight is 426 g/mol. The number of benzene rings is 1. The van der Waals surface area contributed by atoms with Crippen molar-refractivity contribution in [3.63, 3.8) is 0 Å². The van der Waals surface area contributed by atoms with Crippen molar-refractivity contribution < 1.29 is 21.9 Å². The van der Waals surface area contributed by atoms with Gasteiger partial charge in [0.25, 0.3) is 0 Å². The van der Waals surface area contributed by atoms with E-state index in [0.717, 1.165) is 35.8 Å². The van der Waals surface area contributed by atoms with Crippen molar-refractivity contribution in [3.05, 3.63) is 46.8 Å². The van der Waals surface area contributed by atoms with Crippen molar-refractivity contribution in [1.29, 1.82) is 0 Å². The molecule has 0 radical (unpaired) electrons. The molecule has 1 fully saturated rings. The van der Waals surface area contributed by atoms with Crippen LogP contribution in [-0.4, -0.2) is 47.8 Å². The number of aromatic nitrogens is 2. The van der Waals surface area contributed by atoms with Crippen molar-refractivity contribution in [2.24, 2.45) is 5.73 Å². The number of sulfone groups is 1. The normalized spacial score (nSPS) is 25.3. The number of halogens is 2. The lowest BCUT2D eigenvalue weighted by molar-refractivity contribution is -0.0536. The average Bonchev–Trinajstić information content (AvgIpc) is 3.21. The summed E-state index contributed by atoms with van der Waals surface area (Å²) >= 11 is 0. The largest absolute Gasteiger partial charge is 0.370 e. The number of fused-ring (bicyclic) bond motifs is 1. The molecule has 0 unspecified atom stereocenters. The van der Waals surface area contributed by atoms with Crippen LogP contribution in [0.4, 0.5) is 8.78 Å². The van der Waals surface area contributed by atoms with E-state index < -0.39 is 33.6 Å². The van der Waals surface area contributed by atoms with Crippen LogP contribution >= 0.6 is 0 Å². The number of rotatable bonds is 4. The second kappa shape index (κ2) is 7.42. The van der Waals surface area contributed by atoms with Crippen molar-refractivity contribution >= 4 is 9.84 Å². The highest BCUT2D eigenvalue weighted by atomic mass is 32.2. The molecule has 0 saturated carbocycles. The van der Waals surface area contributed by atoms with Crippen LogP contribution in [0.1, 0.15) is 36.4 Å². The van der Waals surface area contributed by atoms with Crippen LogP contribution in [0.25, 0.3) is 0 Å². The van der Waals surface area contributed by atoms with Crippen LogP contribution in [0, 0.1) is 11.6 Å². The lowest BCUT2D eigenvalue weighted by atomic mass is 9.93. The highest BCUT2D eigenvalue weighted by molar-refractivity contribution is 7.90. The Hall–Kier alpha value is -1.88. The molecule has 158 valence electrons. The molecule has 2 aromatic rings. The predicted molar refractivity (Wildman–Crippen MR) is 102 cm³/mol. The van der Waals surface area contributed by atoms with Crippen LogP contribution in [0.15, 0.2) is 23.4 Å². The van der Waals surface area contributed by atoms with Crippen LogP contribution in [0.2, 0.25) is 0 Å². The topological polar surface area (TPSA) is 90.5 Å². The Morgan fingerprint density at radius 3 is 2.72 bits per heavy atom. The predicted octanol–water partition coefficient (Wildman–Crippen LogP) is 1.76. The third-order valence-electron chi connectivity index (χ3n) is 5.66. The van der Waals surface area contributed by atoms with Crippen molar-refractivity contribution in [2.45, 2.75) is 56.3 Å². The summed E-state index contributed by atoms with van der Waals surface area (Å²) in [4.78, 5) is 6.50. The van der Waals surface area contributed by atoms with Gasteiger partial charge in [0.15, 0.2) is 0 Å². The third-order valence-corrected chi connectivity index (χ3v) is 6.63. The molecule has 10 heteroatoms. The number of hydrogen-bond acceptors (Lipinski definition) is 6. The second-order valence-electron chi connectivity index (χ2n) is 7.68. The number of hydrogen-bond donors (Lipinski definition) is 1. The van der Waals surface area contributed by atoms with Gasteiger partial charge in [0, 0.05) is 43.5 Å². The summed E-state index contributed by atoms with van der Waals surface area (Å²) in [7, 11) is -3.40. The second-order valence-corrected chi connectivity index (χ2v) is 9.59. The first kappa shape index (κ1) is 20.4. The van der Waals surface area contributed by atoms with E-state index in [2.05, 4.69) is 9.88 Å². The van der Waals surface area contributed by atoms with Crippen LogP contribution in [0.5, 0.6) is 0 Å². The highest BCUT2D eigenvalue weighted by Gasteiger charge is 2.38. The molecule has 4 rings (SSSR count). The molecule has 3 atom stereocenters. The van der Waals surface area contributed by atoms with Crippen molar-refractivity contribution in [3.8, 4) is 0 Å². The maximum atomic E-state index is 14.1. The molecule has 2 aliphatic rings. The Bertz CT molecular complexity index is 1040. The van der Waals surface area contributed by atoms with E-state index in [1.54, 1.807) is 4.57 Å². The van der Waals surface area contributed by atoms with Crippen molar-refractivity contribution in [2.75, 3.05) is 12.9 Å². The highest BCUT2D eigenvalue weighted by Crippen LogP contribution is 2.34. The lowest BCUT2D eigenvalue weighted by Crippen LogP contribution is -2.48. The quantitative estimate of drug-likeness (QED) is 0.801. The standard InChI is InChI=1S/C19H24F2N4O3S/c1-3-25-17-9-24(8-16(17)23-19(25)29(2,26)27)12-7-15(22)18(28-10-12)13-6-11(20)4-5-14(13)21/h4-6,12,15,18H,3,7-10,22H2,1-2H3/t12-,15+,18-/m1/s1. The molecule has 1 saturated heterocycles.